The Morgan fingerprint density at radius 1 is 0.829 bits per heavy atom. The van der Waals surface area contributed by atoms with Crippen LogP contribution in [0, 0.1) is 0 Å². The van der Waals surface area contributed by atoms with Gasteiger partial charge in [-0.05, 0) is 49.2 Å². The Balaban J connectivity index is 1.11. The van der Waals surface area contributed by atoms with Crippen LogP contribution in [0.4, 0.5) is 0 Å². The maximum atomic E-state index is 10.6. The Kier molecular flexibility index (Phi) is 7.69. The van der Waals surface area contributed by atoms with E-state index >= 15 is 0 Å². The standard InChI is InChI=1S/C30H33N3O2/c34-27(22-35-29-16-15-23-9-7-8-14-28(23)32-29)21-33-19-17-26(18-20-33)31-30(24-10-3-1-4-11-24)25-12-5-2-6-13-25/h1-16,26-27,30-31,34H,17-22H2. The van der Waals surface area contributed by atoms with Crippen molar-refractivity contribution in [3.8, 4) is 5.88 Å². The van der Waals surface area contributed by atoms with Gasteiger partial charge in [0.2, 0.25) is 5.88 Å². The second kappa shape index (κ2) is 11.5. The van der Waals surface area contributed by atoms with Crippen LogP contribution in [0.5, 0.6) is 5.88 Å². The molecule has 1 unspecified atom stereocenters. The van der Waals surface area contributed by atoms with Gasteiger partial charge in [0.1, 0.15) is 12.7 Å². The summed E-state index contributed by atoms with van der Waals surface area (Å²) in [6.45, 7) is 2.77. The molecule has 35 heavy (non-hydrogen) atoms. The smallest absolute Gasteiger partial charge is 0.213 e. The average molecular weight is 468 g/mol. The van der Waals surface area contributed by atoms with Crippen molar-refractivity contribution in [2.75, 3.05) is 26.2 Å². The second-order valence-corrected chi connectivity index (χ2v) is 9.30. The third kappa shape index (κ3) is 6.25. The topological polar surface area (TPSA) is 57.6 Å². The van der Waals surface area contributed by atoms with Gasteiger partial charge in [0, 0.05) is 24.0 Å². The largest absolute Gasteiger partial charge is 0.475 e. The summed E-state index contributed by atoms with van der Waals surface area (Å²) >= 11 is 0. The highest BCUT2D eigenvalue weighted by molar-refractivity contribution is 5.78. The van der Waals surface area contributed by atoms with E-state index in [1.807, 2.05) is 36.4 Å². The van der Waals surface area contributed by atoms with Gasteiger partial charge in [-0.1, -0.05) is 78.9 Å². The van der Waals surface area contributed by atoms with Crippen molar-refractivity contribution in [3.05, 3.63) is 108 Å². The number of ether oxygens (including phenoxy) is 1. The molecule has 0 saturated carbocycles. The van der Waals surface area contributed by atoms with Crippen molar-refractivity contribution < 1.29 is 9.84 Å². The minimum Gasteiger partial charge on any atom is -0.475 e. The Morgan fingerprint density at radius 2 is 1.46 bits per heavy atom. The van der Waals surface area contributed by atoms with Crippen LogP contribution in [-0.2, 0) is 0 Å². The first-order valence-corrected chi connectivity index (χ1v) is 12.5. The Bertz CT molecular complexity index is 1150. The molecule has 0 spiro atoms. The van der Waals surface area contributed by atoms with Gasteiger partial charge in [-0.2, -0.15) is 0 Å². The monoisotopic (exact) mass is 467 g/mol. The number of nitrogens with one attached hydrogen (secondary N) is 1. The molecule has 4 aromatic rings. The Labute approximate surface area is 207 Å². The third-order valence-electron chi connectivity index (χ3n) is 6.72. The number of benzene rings is 3. The van der Waals surface area contributed by atoms with E-state index < -0.39 is 6.10 Å². The molecule has 0 radical (unpaired) electrons. The number of fused-ring (bicyclic) bond motifs is 1. The number of rotatable bonds is 9. The van der Waals surface area contributed by atoms with Crippen molar-refractivity contribution >= 4 is 10.9 Å². The predicted molar refractivity (Wildman–Crippen MR) is 141 cm³/mol. The van der Waals surface area contributed by atoms with Crippen LogP contribution in [0.25, 0.3) is 10.9 Å². The molecule has 5 rings (SSSR count). The minimum atomic E-state index is -0.547. The molecule has 0 bridgehead atoms. The Hall–Kier alpha value is -3.25. The molecule has 0 aliphatic carbocycles. The Morgan fingerprint density at radius 3 is 2.14 bits per heavy atom. The summed E-state index contributed by atoms with van der Waals surface area (Å²) in [6.07, 6.45) is 1.56. The van der Waals surface area contributed by atoms with Crippen LogP contribution in [0.3, 0.4) is 0 Å². The lowest BCUT2D eigenvalue weighted by Crippen LogP contribution is -2.46. The maximum absolute atomic E-state index is 10.6. The van der Waals surface area contributed by atoms with Gasteiger partial charge < -0.3 is 20.1 Å². The van der Waals surface area contributed by atoms with Gasteiger partial charge in [-0.25, -0.2) is 4.98 Å². The summed E-state index contributed by atoms with van der Waals surface area (Å²) < 4.78 is 5.79. The van der Waals surface area contributed by atoms with Crippen LogP contribution in [-0.4, -0.2) is 53.4 Å². The van der Waals surface area contributed by atoms with Crippen LogP contribution >= 0.6 is 0 Å². The normalized spacial score (nSPS) is 15.9. The maximum Gasteiger partial charge on any atom is 0.213 e. The summed E-state index contributed by atoms with van der Waals surface area (Å²) in [5.41, 5.74) is 3.48. The molecule has 3 aromatic carbocycles. The van der Waals surface area contributed by atoms with Gasteiger partial charge in [0.25, 0.3) is 0 Å². The summed E-state index contributed by atoms with van der Waals surface area (Å²) in [5.74, 6) is 0.554. The molecule has 1 aliphatic rings. The highest BCUT2D eigenvalue weighted by Crippen LogP contribution is 2.24. The molecular weight excluding hydrogens is 434 g/mol. The van der Waals surface area contributed by atoms with E-state index in [1.165, 1.54) is 11.1 Å². The number of pyridine rings is 1. The van der Waals surface area contributed by atoms with Gasteiger partial charge in [0.15, 0.2) is 0 Å². The van der Waals surface area contributed by atoms with Crippen LogP contribution in [0.1, 0.15) is 30.0 Å². The van der Waals surface area contributed by atoms with Gasteiger partial charge >= 0.3 is 0 Å². The number of aliphatic hydroxyl groups excluding tert-OH is 1. The second-order valence-electron chi connectivity index (χ2n) is 9.30. The highest BCUT2D eigenvalue weighted by atomic mass is 16.5. The SMILES string of the molecule is OC(COc1ccc2ccccc2n1)CN1CCC(NC(c2ccccc2)c2ccccc2)CC1. The number of nitrogens with zero attached hydrogens (tertiary/aromatic N) is 2. The molecule has 180 valence electrons. The van der Waals surface area contributed by atoms with E-state index in [0.29, 0.717) is 18.5 Å². The number of aromatic nitrogens is 1. The predicted octanol–water partition coefficient (Wildman–Crippen LogP) is 4.82. The van der Waals surface area contributed by atoms with E-state index in [0.717, 1.165) is 36.8 Å². The zero-order chi connectivity index (χ0) is 23.9. The van der Waals surface area contributed by atoms with E-state index in [9.17, 15) is 5.11 Å². The fourth-order valence-corrected chi connectivity index (χ4v) is 4.85. The van der Waals surface area contributed by atoms with Crippen LogP contribution in [0.2, 0.25) is 0 Å². The van der Waals surface area contributed by atoms with Gasteiger partial charge in [-0.3, -0.25) is 0 Å². The molecule has 1 aliphatic heterocycles. The first-order chi connectivity index (χ1) is 17.2. The molecule has 2 N–H and O–H groups in total. The quantitative estimate of drug-likeness (QED) is 0.370. The van der Waals surface area contributed by atoms with Crippen molar-refractivity contribution in [3.63, 3.8) is 0 Å². The summed E-state index contributed by atoms with van der Waals surface area (Å²) in [4.78, 5) is 6.86. The van der Waals surface area contributed by atoms with Crippen molar-refractivity contribution in [1.82, 2.24) is 15.2 Å². The first kappa shape index (κ1) is 23.5. The molecule has 5 nitrogen and oxygen atoms in total. The zero-order valence-corrected chi connectivity index (χ0v) is 20.0. The lowest BCUT2D eigenvalue weighted by molar-refractivity contribution is 0.0562. The average Bonchev–Trinajstić information content (AvgIpc) is 2.92. The fourth-order valence-electron chi connectivity index (χ4n) is 4.85. The first-order valence-electron chi connectivity index (χ1n) is 12.5. The molecule has 1 fully saturated rings. The van der Waals surface area contributed by atoms with Crippen molar-refractivity contribution in [2.45, 2.75) is 31.0 Å². The highest BCUT2D eigenvalue weighted by Gasteiger charge is 2.24. The molecule has 5 heteroatoms. The van der Waals surface area contributed by atoms with Gasteiger partial charge in [-0.15, -0.1) is 0 Å². The number of likely N-dealkylation sites (tertiary alicyclic amines) is 1. The number of para-hydroxylation sites is 1. The number of hydrogen-bond donors (Lipinski definition) is 2. The third-order valence-corrected chi connectivity index (χ3v) is 6.72. The summed E-state index contributed by atoms with van der Waals surface area (Å²) in [5, 5.41) is 15.6. The number of aliphatic hydroxyl groups is 1. The van der Waals surface area contributed by atoms with E-state index in [4.69, 9.17) is 4.74 Å². The zero-order valence-electron chi connectivity index (χ0n) is 20.0. The van der Waals surface area contributed by atoms with Crippen LogP contribution < -0.4 is 10.1 Å². The number of piperidine rings is 1. The van der Waals surface area contributed by atoms with Crippen LogP contribution in [0.15, 0.2) is 97.1 Å². The number of β-amino-alcohol motifs (C(OH)–C–C–N with tert-alkyl or cyclic N) is 1. The lowest BCUT2D eigenvalue weighted by Gasteiger charge is -2.35. The molecule has 1 atom stereocenters. The van der Waals surface area contributed by atoms with E-state index in [1.54, 1.807) is 0 Å². The van der Waals surface area contributed by atoms with Crippen molar-refractivity contribution in [2.24, 2.45) is 0 Å². The van der Waals surface area contributed by atoms with E-state index in [2.05, 4.69) is 75.9 Å². The minimum absolute atomic E-state index is 0.183. The summed E-state index contributed by atoms with van der Waals surface area (Å²) in [7, 11) is 0. The fraction of sp³-hybridized carbons (Fsp3) is 0.300. The molecule has 0 amide bonds. The molecule has 1 saturated heterocycles. The van der Waals surface area contributed by atoms with Crippen molar-refractivity contribution in [1.29, 1.82) is 0 Å². The van der Waals surface area contributed by atoms with E-state index in [-0.39, 0.29) is 12.6 Å². The summed E-state index contributed by atoms with van der Waals surface area (Å²) in [6, 6.07) is 33.8. The number of hydrogen-bond acceptors (Lipinski definition) is 5. The molecular formula is C30H33N3O2. The molecule has 1 aromatic heterocycles. The lowest BCUT2D eigenvalue weighted by atomic mass is 9.95. The molecule has 2 heterocycles. The van der Waals surface area contributed by atoms with Gasteiger partial charge in [0.05, 0.1) is 11.6 Å².